The largest absolute Gasteiger partial charge is 0.309 e. The molecule has 9 aromatic carbocycles. The highest BCUT2D eigenvalue weighted by Gasteiger charge is 2.36. The maximum Gasteiger partial charge on any atom is 0.0640 e. The summed E-state index contributed by atoms with van der Waals surface area (Å²) in [6.45, 7) is 4.74. The van der Waals surface area contributed by atoms with Crippen LogP contribution in [0.5, 0.6) is 0 Å². The maximum absolute atomic E-state index is 2.51. The smallest absolute Gasteiger partial charge is 0.0640 e. The SMILES string of the molecule is CC1(C)c2ccccc2-c2ccc(N(c3ccc4c(ccc5ccccc54)c3)c3cccc4c3sc3c5ccccc5c5ccccc5c43)cc21. The molecule has 0 aliphatic heterocycles. The molecule has 240 valence electrons. The molecule has 0 unspecified atom stereocenters. The molecule has 0 saturated heterocycles. The minimum absolute atomic E-state index is 0.0998. The Morgan fingerprint density at radius 3 is 1.88 bits per heavy atom. The Morgan fingerprint density at radius 2 is 1.02 bits per heavy atom. The molecule has 0 N–H and O–H groups in total. The standard InChI is InChI=1S/C49H33NS/c1-49(2)43-20-10-9-16-38(43)39-27-25-33(29-44(39)49)50(32-24-26-35-31(28-32)23-22-30-12-3-4-13-34(30)35)45-21-11-19-42-46-40-17-7-5-14-36(40)37-15-6-8-18-41(37)48(46)51-47(42)45/h3-29H,1-2H3. The number of fused-ring (bicyclic) bond motifs is 14. The van der Waals surface area contributed by atoms with Gasteiger partial charge in [-0.15, -0.1) is 11.3 Å². The quantitative estimate of drug-likeness (QED) is 0.170. The van der Waals surface area contributed by atoms with Gasteiger partial charge in [0.2, 0.25) is 0 Å². The highest BCUT2D eigenvalue weighted by Crippen LogP contribution is 2.53. The first-order valence-electron chi connectivity index (χ1n) is 17.8. The van der Waals surface area contributed by atoms with E-state index in [1.54, 1.807) is 0 Å². The second kappa shape index (κ2) is 10.5. The monoisotopic (exact) mass is 667 g/mol. The van der Waals surface area contributed by atoms with Crippen molar-refractivity contribution in [3.63, 3.8) is 0 Å². The molecule has 1 nitrogen and oxygen atoms in total. The van der Waals surface area contributed by atoms with Crippen LogP contribution in [0.25, 0.3) is 74.4 Å². The van der Waals surface area contributed by atoms with E-state index < -0.39 is 0 Å². The van der Waals surface area contributed by atoms with Crippen LogP contribution in [0.1, 0.15) is 25.0 Å². The number of benzene rings is 9. The van der Waals surface area contributed by atoms with E-state index in [9.17, 15) is 0 Å². The highest BCUT2D eigenvalue weighted by molar-refractivity contribution is 7.27. The summed E-state index contributed by atoms with van der Waals surface area (Å²) in [6.07, 6.45) is 0. The maximum atomic E-state index is 2.51. The predicted octanol–water partition coefficient (Wildman–Crippen LogP) is 14.4. The minimum atomic E-state index is -0.0998. The molecule has 0 fully saturated rings. The third-order valence-corrected chi connectivity index (χ3v) is 12.7. The lowest BCUT2D eigenvalue weighted by Gasteiger charge is -2.29. The van der Waals surface area contributed by atoms with Gasteiger partial charge in [-0.2, -0.15) is 0 Å². The van der Waals surface area contributed by atoms with Gasteiger partial charge < -0.3 is 4.90 Å². The van der Waals surface area contributed by atoms with Crippen molar-refractivity contribution in [3.8, 4) is 11.1 Å². The molecule has 0 atom stereocenters. The first-order chi connectivity index (χ1) is 25.1. The predicted molar refractivity (Wildman–Crippen MR) is 222 cm³/mol. The molecule has 1 aliphatic rings. The number of rotatable bonds is 3. The van der Waals surface area contributed by atoms with Gasteiger partial charge in [0.15, 0.2) is 0 Å². The molecule has 0 saturated carbocycles. The van der Waals surface area contributed by atoms with Crippen LogP contribution in [0.3, 0.4) is 0 Å². The van der Waals surface area contributed by atoms with Crippen LogP contribution in [-0.2, 0) is 5.41 Å². The van der Waals surface area contributed by atoms with Crippen LogP contribution in [-0.4, -0.2) is 0 Å². The van der Waals surface area contributed by atoms with Crippen molar-refractivity contribution in [2.45, 2.75) is 19.3 Å². The van der Waals surface area contributed by atoms with Crippen molar-refractivity contribution in [3.05, 3.63) is 175 Å². The number of anilines is 3. The van der Waals surface area contributed by atoms with Crippen LogP contribution in [0, 0.1) is 0 Å². The van der Waals surface area contributed by atoms with Crippen LogP contribution in [0.4, 0.5) is 17.1 Å². The van der Waals surface area contributed by atoms with Gasteiger partial charge in [-0.1, -0.05) is 147 Å². The Labute approximate surface area is 300 Å². The number of thiophene rings is 1. The van der Waals surface area contributed by atoms with Crippen molar-refractivity contribution < 1.29 is 0 Å². The lowest BCUT2D eigenvalue weighted by atomic mass is 9.82. The number of nitrogens with zero attached hydrogens (tertiary/aromatic N) is 1. The van der Waals surface area contributed by atoms with Gasteiger partial charge in [-0.3, -0.25) is 0 Å². The summed E-state index contributed by atoms with van der Waals surface area (Å²) < 4.78 is 2.65. The number of hydrogen-bond donors (Lipinski definition) is 0. The topological polar surface area (TPSA) is 3.24 Å². The summed E-state index contributed by atoms with van der Waals surface area (Å²) >= 11 is 1.93. The summed E-state index contributed by atoms with van der Waals surface area (Å²) in [5, 5.41) is 13.0. The highest BCUT2D eigenvalue weighted by atomic mass is 32.1. The third kappa shape index (κ3) is 4.03. The zero-order valence-electron chi connectivity index (χ0n) is 28.4. The fourth-order valence-electron chi connectivity index (χ4n) is 8.99. The molecule has 1 heterocycles. The van der Waals surface area contributed by atoms with E-state index in [1.807, 2.05) is 11.3 Å². The van der Waals surface area contributed by atoms with Crippen LogP contribution in [0.2, 0.25) is 0 Å². The zero-order valence-corrected chi connectivity index (χ0v) is 29.3. The van der Waals surface area contributed by atoms with Gasteiger partial charge in [0.05, 0.1) is 10.4 Å². The first-order valence-corrected chi connectivity index (χ1v) is 18.6. The molecule has 10 aromatic rings. The Balaban J connectivity index is 1.22. The molecule has 51 heavy (non-hydrogen) atoms. The fraction of sp³-hybridized carbons (Fsp3) is 0.0612. The average molecular weight is 668 g/mol. The molecule has 2 heteroatoms. The minimum Gasteiger partial charge on any atom is -0.309 e. The van der Waals surface area contributed by atoms with Crippen molar-refractivity contribution >= 4 is 91.7 Å². The van der Waals surface area contributed by atoms with E-state index in [0.717, 1.165) is 5.69 Å². The molecule has 0 radical (unpaired) electrons. The molecule has 0 amide bonds. The Hall–Kier alpha value is -5.96. The van der Waals surface area contributed by atoms with Crippen LogP contribution < -0.4 is 4.90 Å². The Kier molecular flexibility index (Phi) is 5.95. The van der Waals surface area contributed by atoms with E-state index in [-0.39, 0.29) is 5.41 Å². The Morgan fingerprint density at radius 1 is 0.412 bits per heavy atom. The van der Waals surface area contributed by atoms with Gasteiger partial charge >= 0.3 is 0 Å². The fourth-order valence-corrected chi connectivity index (χ4v) is 10.3. The molecule has 0 spiro atoms. The van der Waals surface area contributed by atoms with Gasteiger partial charge in [-0.05, 0) is 90.3 Å². The molecule has 1 aromatic heterocycles. The molecular weight excluding hydrogens is 635 g/mol. The second-order valence-electron chi connectivity index (χ2n) is 14.5. The molecule has 11 rings (SSSR count). The van der Waals surface area contributed by atoms with Gasteiger partial charge in [0.25, 0.3) is 0 Å². The molecular formula is C49H33NS. The summed E-state index contributed by atoms with van der Waals surface area (Å²) in [5.41, 5.74) is 8.89. The van der Waals surface area contributed by atoms with Crippen molar-refractivity contribution in [1.29, 1.82) is 0 Å². The first kappa shape index (κ1) is 28.8. The van der Waals surface area contributed by atoms with Crippen molar-refractivity contribution in [2.75, 3.05) is 4.90 Å². The van der Waals surface area contributed by atoms with Crippen molar-refractivity contribution in [2.24, 2.45) is 0 Å². The molecule has 0 bridgehead atoms. The van der Waals surface area contributed by atoms with Gasteiger partial charge in [0.1, 0.15) is 0 Å². The van der Waals surface area contributed by atoms with E-state index in [1.165, 1.54) is 96.9 Å². The van der Waals surface area contributed by atoms with E-state index in [4.69, 9.17) is 0 Å². The van der Waals surface area contributed by atoms with Gasteiger partial charge in [0, 0.05) is 37.6 Å². The third-order valence-electron chi connectivity index (χ3n) is 11.4. The Bertz CT molecular complexity index is 3070. The summed E-state index contributed by atoms with van der Waals surface area (Å²) in [6, 6.07) is 61.0. The summed E-state index contributed by atoms with van der Waals surface area (Å²) in [4.78, 5) is 2.51. The number of hydrogen-bond acceptors (Lipinski definition) is 2. The average Bonchev–Trinajstić information content (AvgIpc) is 3.69. The molecule has 1 aliphatic carbocycles. The van der Waals surface area contributed by atoms with Gasteiger partial charge in [-0.25, -0.2) is 0 Å². The normalized spacial score (nSPS) is 13.5. The van der Waals surface area contributed by atoms with E-state index in [2.05, 4.69) is 183 Å². The summed E-state index contributed by atoms with van der Waals surface area (Å²) in [7, 11) is 0. The van der Waals surface area contributed by atoms with Crippen molar-refractivity contribution in [1.82, 2.24) is 0 Å². The van der Waals surface area contributed by atoms with Crippen LogP contribution >= 0.6 is 11.3 Å². The zero-order chi connectivity index (χ0) is 33.8. The lowest BCUT2D eigenvalue weighted by Crippen LogP contribution is -2.16. The lowest BCUT2D eigenvalue weighted by molar-refractivity contribution is 0.660. The van der Waals surface area contributed by atoms with Crippen LogP contribution in [0.15, 0.2) is 164 Å². The van der Waals surface area contributed by atoms with E-state index >= 15 is 0 Å². The van der Waals surface area contributed by atoms with E-state index in [0.29, 0.717) is 0 Å². The second-order valence-corrected chi connectivity index (χ2v) is 15.5. The summed E-state index contributed by atoms with van der Waals surface area (Å²) in [5.74, 6) is 0.